The molecule has 0 radical (unpaired) electrons. The fourth-order valence-electron chi connectivity index (χ4n) is 3.27. The van der Waals surface area contributed by atoms with Gasteiger partial charge in [0.1, 0.15) is 5.75 Å². The molecule has 0 aliphatic heterocycles. The molecule has 2 N–H and O–H groups in total. The van der Waals surface area contributed by atoms with Crippen LogP contribution in [0.4, 0.5) is 5.69 Å². The minimum atomic E-state index is -0.104. The summed E-state index contributed by atoms with van der Waals surface area (Å²) in [4.78, 5) is 24.8. The van der Waals surface area contributed by atoms with E-state index in [1.807, 2.05) is 19.1 Å². The number of nitrogens with zero attached hydrogens (tertiary/aromatic N) is 2. The van der Waals surface area contributed by atoms with E-state index in [9.17, 15) is 9.59 Å². The molecule has 0 atom stereocenters. The number of nitrogens with one attached hydrogen (secondary N) is 2. The zero-order valence-electron chi connectivity index (χ0n) is 15.4. The Morgan fingerprint density at radius 3 is 2.67 bits per heavy atom. The molecule has 1 fully saturated rings. The lowest BCUT2D eigenvalue weighted by Gasteiger charge is -2.28. The minimum absolute atomic E-state index is 0.00260. The number of anilines is 1. The molecule has 1 heterocycles. The second-order valence-electron chi connectivity index (χ2n) is 6.60. The Labute approximate surface area is 158 Å². The molecule has 2 aromatic rings. The van der Waals surface area contributed by atoms with Crippen LogP contribution in [0.1, 0.15) is 43.0 Å². The topological polar surface area (TPSA) is 93.2 Å². The van der Waals surface area contributed by atoms with Crippen molar-refractivity contribution in [2.24, 2.45) is 5.92 Å². The summed E-state index contributed by atoms with van der Waals surface area (Å²) < 4.78 is 5.44. The van der Waals surface area contributed by atoms with Gasteiger partial charge in [0.15, 0.2) is 0 Å². The molecule has 27 heavy (non-hydrogen) atoms. The largest absolute Gasteiger partial charge is 0.494 e. The van der Waals surface area contributed by atoms with Gasteiger partial charge in [0, 0.05) is 17.5 Å². The number of carbonyl (C=O) groups excluding carboxylic acids is 2. The highest BCUT2D eigenvalue weighted by Crippen LogP contribution is 2.26. The molecular weight excluding hydrogens is 344 g/mol. The van der Waals surface area contributed by atoms with Crippen molar-refractivity contribution in [3.63, 3.8) is 0 Å². The fraction of sp³-hybridized carbons (Fsp3) is 0.400. The first-order valence-corrected chi connectivity index (χ1v) is 9.27. The van der Waals surface area contributed by atoms with Crippen LogP contribution in [0.5, 0.6) is 5.75 Å². The summed E-state index contributed by atoms with van der Waals surface area (Å²) in [6.07, 6.45) is 6.12. The maximum atomic E-state index is 12.5. The molecule has 1 aromatic heterocycles. The van der Waals surface area contributed by atoms with Gasteiger partial charge in [-0.25, -0.2) is 0 Å². The molecule has 1 saturated carbocycles. The van der Waals surface area contributed by atoms with Gasteiger partial charge in [0.25, 0.3) is 5.91 Å². The second-order valence-corrected chi connectivity index (χ2v) is 6.60. The van der Waals surface area contributed by atoms with Gasteiger partial charge in [0.2, 0.25) is 5.91 Å². The zero-order chi connectivity index (χ0) is 19.1. The van der Waals surface area contributed by atoms with Gasteiger partial charge in [-0.05, 0) is 56.9 Å². The average Bonchev–Trinajstić information content (AvgIpc) is 2.70. The van der Waals surface area contributed by atoms with E-state index in [4.69, 9.17) is 4.74 Å². The summed E-state index contributed by atoms with van der Waals surface area (Å²) in [5.41, 5.74) is 1.24. The lowest BCUT2D eigenvalue weighted by Crippen LogP contribution is -2.39. The van der Waals surface area contributed by atoms with Crippen molar-refractivity contribution in [2.45, 2.75) is 38.6 Å². The van der Waals surface area contributed by atoms with Gasteiger partial charge in [-0.3, -0.25) is 9.59 Å². The van der Waals surface area contributed by atoms with Crippen LogP contribution in [0.2, 0.25) is 0 Å². The molecule has 2 amide bonds. The number of hydrogen-bond acceptors (Lipinski definition) is 5. The van der Waals surface area contributed by atoms with Gasteiger partial charge >= 0.3 is 0 Å². The van der Waals surface area contributed by atoms with Crippen molar-refractivity contribution < 1.29 is 14.3 Å². The normalized spacial score (nSPS) is 19.1. The number of rotatable bonds is 6. The number of carbonyl (C=O) groups is 2. The van der Waals surface area contributed by atoms with Gasteiger partial charge < -0.3 is 15.4 Å². The Balaban J connectivity index is 1.48. The molecular formula is C20H24N4O3. The quantitative estimate of drug-likeness (QED) is 0.818. The van der Waals surface area contributed by atoms with Gasteiger partial charge in [-0.15, -0.1) is 0 Å². The van der Waals surface area contributed by atoms with E-state index in [1.165, 1.54) is 6.20 Å². The van der Waals surface area contributed by atoms with Crippen LogP contribution in [0, 0.1) is 5.92 Å². The summed E-state index contributed by atoms with van der Waals surface area (Å²) >= 11 is 0. The third-order valence-electron chi connectivity index (χ3n) is 4.69. The number of ether oxygens (including phenoxy) is 1. The molecule has 0 bridgehead atoms. The average molecular weight is 368 g/mol. The SMILES string of the molecule is CCOc1cccc(C(=O)NC2CCC(C(=O)Nc3ccnnc3)CC2)c1. The first-order chi connectivity index (χ1) is 13.2. The highest BCUT2D eigenvalue weighted by molar-refractivity contribution is 5.95. The third-order valence-corrected chi connectivity index (χ3v) is 4.69. The van der Waals surface area contributed by atoms with Crippen LogP contribution in [0.25, 0.3) is 0 Å². The Kier molecular flexibility index (Phi) is 6.35. The van der Waals surface area contributed by atoms with Crippen LogP contribution in [-0.2, 0) is 4.79 Å². The molecule has 7 nitrogen and oxygen atoms in total. The lowest BCUT2D eigenvalue weighted by atomic mass is 9.85. The van der Waals surface area contributed by atoms with Crippen LogP contribution < -0.4 is 15.4 Å². The number of aromatic nitrogens is 2. The van der Waals surface area contributed by atoms with Gasteiger partial charge in [-0.1, -0.05) is 6.07 Å². The molecule has 0 spiro atoms. The molecule has 0 saturated heterocycles. The summed E-state index contributed by atoms with van der Waals surface area (Å²) in [6, 6.07) is 8.98. The van der Waals surface area contributed by atoms with E-state index >= 15 is 0 Å². The van der Waals surface area contributed by atoms with Gasteiger partial charge in [0.05, 0.1) is 24.7 Å². The van der Waals surface area contributed by atoms with E-state index in [0.29, 0.717) is 23.6 Å². The van der Waals surface area contributed by atoms with Gasteiger partial charge in [-0.2, -0.15) is 10.2 Å². The molecule has 0 unspecified atom stereocenters. The summed E-state index contributed by atoms with van der Waals surface area (Å²) in [7, 11) is 0. The fourth-order valence-corrected chi connectivity index (χ4v) is 3.27. The third kappa shape index (κ3) is 5.26. The van der Waals surface area contributed by atoms with E-state index in [-0.39, 0.29) is 23.8 Å². The Bertz CT molecular complexity index is 774. The first-order valence-electron chi connectivity index (χ1n) is 9.27. The monoisotopic (exact) mass is 368 g/mol. The molecule has 1 aliphatic carbocycles. The van der Waals surface area contributed by atoms with Crippen LogP contribution in [0.15, 0.2) is 42.7 Å². The van der Waals surface area contributed by atoms with E-state index in [1.54, 1.807) is 24.4 Å². The predicted molar refractivity (Wildman–Crippen MR) is 101 cm³/mol. The maximum absolute atomic E-state index is 12.5. The Hall–Kier alpha value is -2.96. The van der Waals surface area contributed by atoms with Crippen molar-refractivity contribution in [3.8, 4) is 5.75 Å². The Morgan fingerprint density at radius 1 is 1.15 bits per heavy atom. The molecule has 3 rings (SSSR count). The van der Waals surface area contributed by atoms with Crippen molar-refractivity contribution in [3.05, 3.63) is 48.3 Å². The highest BCUT2D eigenvalue weighted by atomic mass is 16.5. The summed E-state index contributed by atoms with van der Waals surface area (Å²) in [5, 5.41) is 13.4. The van der Waals surface area contributed by atoms with Crippen LogP contribution in [0.3, 0.4) is 0 Å². The maximum Gasteiger partial charge on any atom is 0.251 e. The van der Waals surface area contributed by atoms with Crippen molar-refractivity contribution in [1.29, 1.82) is 0 Å². The van der Waals surface area contributed by atoms with Crippen molar-refractivity contribution >= 4 is 17.5 Å². The van der Waals surface area contributed by atoms with E-state index in [2.05, 4.69) is 20.8 Å². The molecule has 7 heteroatoms. The lowest BCUT2D eigenvalue weighted by molar-refractivity contribution is -0.120. The molecule has 1 aliphatic rings. The molecule has 142 valence electrons. The highest BCUT2D eigenvalue weighted by Gasteiger charge is 2.27. The smallest absolute Gasteiger partial charge is 0.251 e. The molecule has 1 aromatic carbocycles. The van der Waals surface area contributed by atoms with E-state index < -0.39 is 0 Å². The summed E-state index contributed by atoms with van der Waals surface area (Å²) in [6.45, 7) is 2.47. The zero-order valence-corrected chi connectivity index (χ0v) is 15.4. The Morgan fingerprint density at radius 2 is 1.96 bits per heavy atom. The number of hydrogen-bond donors (Lipinski definition) is 2. The minimum Gasteiger partial charge on any atom is -0.494 e. The van der Waals surface area contributed by atoms with Crippen molar-refractivity contribution in [2.75, 3.05) is 11.9 Å². The van der Waals surface area contributed by atoms with E-state index in [0.717, 1.165) is 25.7 Å². The number of benzene rings is 1. The van der Waals surface area contributed by atoms with Crippen molar-refractivity contribution in [1.82, 2.24) is 15.5 Å². The summed E-state index contributed by atoms with van der Waals surface area (Å²) in [5.74, 6) is 0.535. The first kappa shape index (κ1) is 18.8. The van der Waals surface area contributed by atoms with Crippen LogP contribution >= 0.6 is 0 Å². The second kappa shape index (κ2) is 9.12. The standard InChI is InChI=1S/C20H24N4O3/c1-2-27-18-5-3-4-15(12-18)20(26)23-16-8-6-14(7-9-16)19(25)24-17-10-11-21-22-13-17/h3-5,10-14,16H,2,6-9H2,1H3,(H,23,26)(H,21,24,25). The predicted octanol–water partition coefficient (Wildman–Crippen LogP) is 2.80. The number of amides is 2. The van der Waals surface area contributed by atoms with Crippen LogP contribution in [-0.4, -0.2) is 34.7 Å².